The Hall–Kier alpha value is -1.19. The van der Waals surface area contributed by atoms with Crippen molar-refractivity contribution in [2.75, 3.05) is 21.2 Å². The zero-order chi connectivity index (χ0) is 36.4. The number of rotatable bonds is 7. The molecule has 4 fully saturated rings. The Labute approximate surface area is 293 Å². The summed E-state index contributed by atoms with van der Waals surface area (Å²) in [6.07, 6.45) is -2.44. The average Bonchev–Trinajstić information content (AvgIpc) is 3.45. The number of hydrogen-bond acceptors (Lipinski definition) is 12. The van der Waals surface area contributed by atoms with Crippen molar-refractivity contribution < 1.29 is 52.9 Å². The Morgan fingerprint density at radius 1 is 1.00 bits per heavy atom. The fourth-order valence-corrected chi connectivity index (χ4v) is 9.37. The second-order valence-electron chi connectivity index (χ2n) is 16.4. The van der Waals surface area contributed by atoms with Gasteiger partial charge >= 0.3 is 5.97 Å². The van der Waals surface area contributed by atoms with E-state index in [1.54, 1.807) is 21.0 Å². The molecule has 5 aliphatic rings. The third-order valence-electron chi connectivity index (χ3n) is 12.2. The van der Waals surface area contributed by atoms with Crippen molar-refractivity contribution in [3.05, 3.63) is 11.6 Å². The molecular formula is C37H63NO11. The van der Waals surface area contributed by atoms with Crippen LogP contribution in [0, 0.1) is 17.8 Å². The minimum atomic E-state index is -1.07. The third kappa shape index (κ3) is 6.89. The molecule has 12 nitrogen and oxygen atoms in total. The van der Waals surface area contributed by atoms with Crippen LogP contribution >= 0.6 is 0 Å². The molecule has 0 radical (unpaired) electrons. The third-order valence-corrected chi connectivity index (χ3v) is 12.2. The van der Waals surface area contributed by atoms with Crippen LogP contribution in [0.3, 0.4) is 0 Å². The minimum absolute atomic E-state index is 0.0864. The number of methoxy groups -OCH3 is 1. The van der Waals surface area contributed by atoms with Gasteiger partial charge in [-0.3, -0.25) is 4.79 Å². The molecule has 5 rings (SSSR count). The van der Waals surface area contributed by atoms with Crippen molar-refractivity contribution in [2.24, 2.45) is 17.8 Å². The summed E-state index contributed by atoms with van der Waals surface area (Å²) in [4.78, 5) is 16.2. The maximum atomic E-state index is 14.2. The predicted molar refractivity (Wildman–Crippen MR) is 180 cm³/mol. The average molecular weight is 698 g/mol. The molecule has 1 spiro atoms. The van der Waals surface area contributed by atoms with Crippen LogP contribution in [-0.4, -0.2) is 126 Å². The Morgan fingerprint density at radius 2 is 1.67 bits per heavy atom. The lowest BCUT2D eigenvalue weighted by Gasteiger charge is -2.49. The van der Waals surface area contributed by atoms with Crippen LogP contribution in [0.2, 0.25) is 0 Å². The van der Waals surface area contributed by atoms with Crippen LogP contribution in [-0.2, 0) is 42.7 Å². The molecule has 1 unspecified atom stereocenters. The Morgan fingerprint density at radius 3 is 2.29 bits per heavy atom. The SMILES string of the molecule is CC[C@H]1OC(=O)[C@H](C)[C@@H](O[C@H]2C[C@@](C)(OC)[C@@H](O)[C@H](C)O2)[C@H](C)C(O[C@@H]2O[C@H](C)C[C@H](N(C)C)[C@H]2O)[C@@]2(C)C[C@@H](C)[C@@]3(O2)O[C@]1(C)C=C3C. The number of carbonyl (C=O) groups is 1. The van der Waals surface area contributed by atoms with Gasteiger partial charge in [-0.25, -0.2) is 0 Å². The Kier molecular flexibility index (Phi) is 11.1. The number of hydrogen-bond donors (Lipinski definition) is 2. The maximum Gasteiger partial charge on any atom is 0.311 e. The van der Waals surface area contributed by atoms with E-state index in [0.717, 1.165) is 5.57 Å². The van der Waals surface area contributed by atoms with E-state index in [9.17, 15) is 15.0 Å². The van der Waals surface area contributed by atoms with Gasteiger partial charge in [-0.05, 0) is 93.5 Å². The molecule has 0 aliphatic carbocycles. The van der Waals surface area contributed by atoms with Gasteiger partial charge in [-0.2, -0.15) is 0 Å². The van der Waals surface area contributed by atoms with Gasteiger partial charge in [-0.15, -0.1) is 0 Å². The van der Waals surface area contributed by atoms with E-state index in [0.29, 0.717) is 19.3 Å². The summed E-state index contributed by atoms with van der Waals surface area (Å²) in [5.74, 6) is -2.88. The molecule has 5 heterocycles. The van der Waals surface area contributed by atoms with E-state index < -0.39 is 89.6 Å². The van der Waals surface area contributed by atoms with E-state index in [1.165, 1.54) is 0 Å². The molecule has 12 heteroatoms. The summed E-state index contributed by atoms with van der Waals surface area (Å²) in [5.41, 5.74) is -1.90. The second-order valence-corrected chi connectivity index (χ2v) is 16.4. The highest BCUT2D eigenvalue weighted by Gasteiger charge is 2.65. The maximum absolute atomic E-state index is 14.2. The molecule has 0 amide bonds. The largest absolute Gasteiger partial charge is 0.459 e. The lowest BCUT2D eigenvalue weighted by atomic mass is 9.78. The van der Waals surface area contributed by atoms with E-state index in [2.05, 4.69) is 6.92 Å². The smallest absolute Gasteiger partial charge is 0.311 e. The van der Waals surface area contributed by atoms with Crippen molar-refractivity contribution >= 4 is 5.97 Å². The van der Waals surface area contributed by atoms with E-state index in [1.807, 2.05) is 73.5 Å². The quantitative estimate of drug-likeness (QED) is 0.295. The molecular weight excluding hydrogens is 634 g/mol. The zero-order valence-electron chi connectivity index (χ0n) is 31.9. The standard InChI is InChI=1S/C37H63NO11/c1-14-26-34(8)16-19(2)37(48-34)20(3)17-36(10,49-37)31(47-33-28(39)25(38(11)12)15-21(4)43-33)22(5)29(23(6)32(41)45-26)46-27-18-35(9,42-13)30(40)24(7)44-27/h16,20-31,33,39-40H,14-15,17-18H2,1-13H3/t20-,21-,22+,23-,24+,25+,26-,27+,28-,29+,30+,31?,33+,34-,35-,36-,37-/m1/s1. The number of carbonyl (C=O) groups excluding carboxylic acids is 1. The first-order valence-corrected chi connectivity index (χ1v) is 18.2. The van der Waals surface area contributed by atoms with Crippen molar-refractivity contribution in [3.63, 3.8) is 0 Å². The van der Waals surface area contributed by atoms with Crippen molar-refractivity contribution in [3.8, 4) is 0 Å². The van der Waals surface area contributed by atoms with Gasteiger partial charge in [0, 0.05) is 31.4 Å². The molecule has 49 heavy (non-hydrogen) atoms. The molecule has 0 aromatic rings. The highest BCUT2D eigenvalue weighted by molar-refractivity contribution is 5.73. The number of esters is 1. The van der Waals surface area contributed by atoms with Gasteiger partial charge in [0.15, 0.2) is 18.4 Å². The Balaban J connectivity index is 1.60. The fourth-order valence-electron chi connectivity index (χ4n) is 9.37. The molecule has 17 atom stereocenters. The molecule has 0 aromatic carbocycles. The van der Waals surface area contributed by atoms with E-state index in [4.69, 9.17) is 37.9 Å². The monoisotopic (exact) mass is 697 g/mol. The minimum Gasteiger partial charge on any atom is -0.459 e. The molecule has 5 aliphatic heterocycles. The topological polar surface area (TPSA) is 135 Å². The van der Waals surface area contributed by atoms with Gasteiger partial charge < -0.3 is 53.0 Å². The number of cyclic esters (lactones) is 1. The number of ether oxygens (including phenoxy) is 8. The molecule has 3 bridgehead atoms. The first-order valence-electron chi connectivity index (χ1n) is 18.2. The highest BCUT2D eigenvalue weighted by Crippen LogP contribution is 2.56. The van der Waals surface area contributed by atoms with Gasteiger partial charge in [-0.1, -0.05) is 20.8 Å². The van der Waals surface area contributed by atoms with E-state index in [-0.39, 0.29) is 24.5 Å². The van der Waals surface area contributed by atoms with Crippen LogP contribution in [0.15, 0.2) is 11.6 Å². The number of aliphatic hydroxyl groups is 2. The number of likely N-dealkylation sites (N-methyl/N-ethyl adjacent to an activating group) is 1. The number of fused-ring (bicyclic) bond motifs is 2. The lowest BCUT2D eigenvalue weighted by molar-refractivity contribution is -0.337. The molecule has 2 N–H and O–H groups in total. The molecule has 0 aromatic heterocycles. The van der Waals surface area contributed by atoms with Crippen LogP contribution in [0.4, 0.5) is 0 Å². The second kappa shape index (κ2) is 14.0. The predicted octanol–water partition coefficient (Wildman–Crippen LogP) is 3.94. The number of nitrogens with zero attached hydrogens (tertiary/aromatic N) is 1. The van der Waals surface area contributed by atoms with Gasteiger partial charge in [0.1, 0.15) is 23.9 Å². The fraction of sp³-hybridized carbons (Fsp3) is 0.919. The van der Waals surface area contributed by atoms with Crippen LogP contribution < -0.4 is 0 Å². The normalized spacial score (nSPS) is 52.4. The highest BCUT2D eigenvalue weighted by atomic mass is 16.8. The van der Waals surface area contributed by atoms with Gasteiger partial charge in [0.05, 0.1) is 41.5 Å². The first-order chi connectivity index (χ1) is 22.7. The summed E-state index contributed by atoms with van der Waals surface area (Å²) in [5, 5.41) is 22.5. The lowest BCUT2D eigenvalue weighted by Crippen LogP contribution is -2.61. The summed E-state index contributed by atoms with van der Waals surface area (Å²) in [6.45, 7) is 19.4. The summed E-state index contributed by atoms with van der Waals surface area (Å²) >= 11 is 0. The first kappa shape index (κ1) is 39.0. The Bertz CT molecular complexity index is 1230. The van der Waals surface area contributed by atoms with Crippen LogP contribution in [0.25, 0.3) is 0 Å². The van der Waals surface area contributed by atoms with Crippen molar-refractivity contribution in [1.29, 1.82) is 0 Å². The van der Waals surface area contributed by atoms with Gasteiger partial charge in [0.2, 0.25) is 0 Å². The van der Waals surface area contributed by atoms with Crippen molar-refractivity contribution in [1.82, 2.24) is 4.90 Å². The molecule has 282 valence electrons. The molecule has 4 saturated heterocycles. The van der Waals surface area contributed by atoms with Crippen LogP contribution in [0.5, 0.6) is 0 Å². The molecule has 0 saturated carbocycles. The summed E-state index contributed by atoms with van der Waals surface area (Å²) < 4.78 is 52.5. The number of aliphatic hydroxyl groups excluding tert-OH is 2. The summed E-state index contributed by atoms with van der Waals surface area (Å²) in [6, 6.07) is -0.191. The van der Waals surface area contributed by atoms with Gasteiger partial charge in [0.25, 0.3) is 0 Å². The van der Waals surface area contributed by atoms with E-state index >= 15 is 0 Å². The summed E-state index contributed by atoms with van der Waals surface area (Å²) in [7, 11) is 5.44. The van der Waals surface area contributed by atoms with Crippen LogP contribution in [0.1, 0.15) is 94.9 Å². The van der Waals surface area contributed by atoms with Crippen molar-refractivity contribution in [2.45, 2.75) is 179 Å². The zero-order valence-corrected chi connectivity index (χ0v) is 31.9.